The van der Waals surface area contributed by atoms with Crippen molar-refractivity contribution in [2.45, 2.75) is 45.6 Å². The number of hydrogen-bond donors (Lipinski definition) is 2. The lowest BCUT2D eigenvalue weighted by Gasteiger charge is -2.47. The van der Waals surface area contributed by atoms with E-state index in [-0.39, 0.29) is 17.3 Å². The zero-order chi connectivity index (χ0) is 15.0. The van der Waals surface area contributed by atoms with Crippen LogP contribution in [0.2, 0.25) is 0 Å². The van der Waals surface area contributed by atoms with Crippen LogP contribution in [0.1, 0.15) is 40.0 Å². The number of nitrogens with two attached hydrogens (primary N) is 1. The molecule has 0 aromatic heterocycles. The summed E-state index contributed by atoms with van der Waals surface area (Å²) in [5, 5.41) is 12.0. The summed E-state index contributed by atoms with van der Waals surface area (Å²) in [4.78, 5) is 17.0. The van der Waals surface area contributed by atoms with Crippen LogP contribution in [0.3, 0.4) is 0 Å². The van der Waals surface area contributed by atoms with E-state index in [0.29, 0.717) is 12.8 Å². The fourth-order valence-electron chi connectivity index (χ4n) is 3.09. The molecule has 20 heavy (non-hydrogen) atoms. The minimum Gasteiger partial charge on any atom is -0.409 e. The predicted octanol–water partition coefficient (Wildman–Crippen LogP) is 0.846. The number of rotatable bonds is 2. The molecule has 6 nitrogen and oxygen atoms in total. The number of hydrogen-bond acceptors (Lipinski definition) is 4. The third-order valence-electron chi connectivity index (χ3n) is 4.73. The molecule has 0 aromatic rings. The highest BCUT2D eigenvalue weighted by Gasteiger charge is 2.50. The average molecular weight is 282 g/mol. The molecule has 1 saturated carbocycles. The van der Waals surface area contributed by atoms with Crippen molar-refractivity contribution in [3.63, 3.8) is 0 Å². The Morgan fingerprint density at radius 2 is 1.75 bits per heavy atom. The quantitative estimate of drug-likeness (QED) is 0.340. The lowest BCUT2D eigenvalue weighted by molar-refractivity contribution is -0.144. The minimum absolute atomic E-state index is 0.0348. The van der Waals surface area contributed by atoms with Crippen LogP contribution in [-0.2, 0) is 4.79 Å². The minimum atomic E-state index is -0.737. The fourth-order valence-corrected chi connectivity index (χ4v) is 3.09. The highest BCUT2D eigenvalue weighted by Crippen LogP contribution is 2.43. The fraction of sp³-hybridized carbons (Fsp3) is 0.857. The maximum absolute atomic E-state index is 12.7. The SMILES string of the molecule is CC(C)(C)N1CCN(C(=O)C2(C(N)=NO)CCC2)CC1. The van der Waals surface area contributed by atoms with Crippen molar-refractivity contribution in [3.05, 3.63) is 0 Å². The van der Waals surface area contributed by atoms with Crippen molar-refractivity contribution in [3.8, 4) is 0 Å². The number of piperazine rings is 1. The Morgan fingerprint density at radius 3 is 2.10 bits per heavy atom. The highest BCUT2D eigenvalue weighted by molar-refractivity contribution is 6.07. The van der Waals surface area contributed by atoms with Crippen LogP contribution in [0.4, 0.5) is 0 Å². The van der Waals surface area contributed by atoms with Crippen LogP contribution in [0, 0.1) is 5.41 Å². The standard InChI is InChI=1S/C14H26N4O2/c1-13(2,3)18-9-7-17(8-10-18)12(19)14(5-4-6-14)11(15)16-20/h20H,4-10H2,1-3H3,(H2,15,16). The lowest BCUT2D eigenvalue weighted by Crippen LogP contribution is -2.60. The molecule has 3 N–H and O–H groups in total. The average Bonchev–Trinajstić information content (AvgIpc) is 2.36. The molecule has 0 radical (unpaired) electrons. The Hall–Kier alpha value is -1.30. The van der Waals surface area contributed by atoms with Crippen LogP contribution >= 0.6 is 0 Å². The molecule has 1 aliphatic carbocycles. The Bertz CT molecular complexity index is 402. The Morgan fingerprint density at radius 1 is 1.20 bits per heavy atom. The summed E-state index contributed by atoms with van der Waals surface area (Å²) in [6.45, 7) is 9.76. The van der Waals surface area contributed by atoms with Crippen molar-refractivity contribution in [2.75, 3.05) is 26.2 Å². The van der Waals surface area contributed by atoms with Gasteiger partial charge in [0, 0.05) is 31.7 Å². The van der Waals surface area contributed by atoms with Crippen LogP contribution in [0.15, 0.2) is 5.16 Å². The molecule has 0 unspecified atom stereocenters. The summed E-state index contributed by atoms with van der Waals surface area (Å²) in [5.41, 5.74) is 5.16. The zero-order valence-electron chi connectivity index (χ0n) is 12.7. The molecule has 0 aromatic carbocycles. The van der Waals surface area contributed by atoms with Crippen molar-refractivity contribution in [2.24, 2.45) is 16.3 Å². The molecule has 0 bridgehead atoms. The Kier molecular flexibility index (Phi) is 3.95. The van der Waals surface area contributed by atoms with Gasteiger partial charge in [0.15, 0.2) is 5.84 Å². The van der Waals surface area contributed by atoms with Gasteiger partial charge in [-0.05, 0) is 33.6 Å². The summed E-state index contributed by atoms with van der Waals surface area (Å²) < 4.78 is 0. The molecule has 1 amide bonds. The molecule has 1 saturated heterocycles. The number of carbonyl (C=O) groups excluding carboxylic acids is 1. The first kappa shape index (κ1) is 15.1. The summed E-state index contributed by atoms with van der Waals surface area (Å²) in [6.07, 6.45) is 2.35. The van der Waals surface area contributed by atoms with Crippen molar-refractivity contribution >= 4 is 11.7 Å². The smallest absolute Gasteiger partial charge is 0.236 e. The Labute approximate surface area is 120 Å². The van der Waals surface area contributed by atoms with Crippen molar-refractivity contribution in [1.29, 1.82) is 0 Å². The molecule has 2 aliphatic rings. The van der Waals surface area contributed by atoms with E-state index < -0.39 is 5.41 Å². The summed E-state index contributed by atoms with van der Waals surface area (Å²) in [7, 11) is 0. The molecule has 2 rings (SSSR count). The summed E-state index contributed by atoms with van der Waals surface area (Å²) in [5.74, 6) is 0.111. The van der Waals surface area contributed by atoms with Gasteiger partial charge in [0.2, 0.25) is 5.91 Å². The molecule has 0 spiro atoms. The molecule has 1 aliphatic heterocycles. The van der Waals surface area contributed by atoms with Crippen LogP contribution < -0.4 is 5.73 Å². The van der Waals surface area contributed by atoms with Crippen molar-refractivity contribution < 1.29 is 10.0 Å². The van der Waals surface area contributed by atoms with Gasteiger partial charge in [-0.15, -0.1) is 0 Å². The van der Waals surface area contributed by atoms with Gasteiger partial charge in [-0.3, -0.25) is 9.69 Å². The molecule has 6 heteroatoms. The van der Waals surface area contributed by atoms with Gasteiger partial charge in [-0.25, -0.2) is 0 Å². The maximum atomic E-state index is 12.7. The van der Waals surface area contributed by atoms with E-state index in [1.165, 1.54) is 0 Å². The lowest BCUT2D eigenvalue weighted by atomic mass is 9.66. The molecule has 114 valence electrons. The third kappa shape index (κ3) is 2.49. The van der Waals surface area contributed by atoms with Gasteiger partial charge in [0.25, 0.3) is 0 Å². The van der Waals surface area contributed by atoms with Crippen LogP contribution in [0.5, 0.6) is 0 Å². The highest BCUT2D eigenvalue weighted by atomic mass is 16.4. The monoisotopic (exact) mass is 282 g/mol. The number of oxime groups is 1. The second-order valence-corrected chi connectivity index (χ2v) is 6.87. The van der Waals surface area contributed by atoms with E-state index in [0.717, 1.165) is 32.6 Å². The van der Waals surface area contributed by atoms with E-state index in [1.807, 2.05) is 4.90 Å². The van der Waals surface area contributed by atoms with Gasteiger partial charge >= 0.3 is 0 Å². The summed E-state index contributed by atoms with van der Waals surface area (Å²) >= 11 is 0. The number of amidine groups is 1. The first-order chi connectivity index (χ1) is 9.31. The van der Waals surface area contributed by atoms with Crippen LogP contribution in [0.25, 0.3) is 0 Å². The zero-order valence-corrected chi connectivity index (χ0v) is 12.7. The molecule has 1 heterocycles. The van der Waals surface area contributed by atoms with Gasteiger partial charge in [0.1, 0.15) is 5.41 Å². The van der Waals surface area contributed by atoms with Crippen LogP contribution in [-0.4, -0.2) is 58.5 Å². The van der Waals surface area contributed by atoms with E-state index in [1.54, 1.807) is 0 Å². The maximum Gasteiger partial charge on any atom is 0.236 e. The van der Waals surface area contributed by atoms with Gasteiger partial charge in [-0.1, -0.05) is 11.6 Å². The largest absolute Gasteiger partial charge is 0.409 e. The van der Waals surface area contributed by atoms with E-state index in [9.17, 15) is 4.79 Å². The third-order valence-corrected chi connectivity index (χ3v) is 4.73. The van der Waals surface area contributed by atoms with Gasteiger partial charge in [-0.2, -0.15) is 0 Å². The second-order valence-electron chi connectivity index (χ2n) is 6.87. The Balaban J connectivity index is 2.02. The van der Waals surface area contributed by atoms with Crippen molar-refractivity contribution in [1.82, 2.24) is 9.80 Å². The van der Waals surface area contributed by atoms with E-state index >= 15 is 0 Å². The number of amides is 1. The predicted molar refractivity (Wildman–Crippen MR) is 77.6 cm³/mol. The van der Waals surface area contributed by atoms with E-state index in [2.05, 4.69) is 30.8 Å². The van der Waals surface area contributed by atoms with Gasteiger partial charge in [0.05, 0.1) is 0 Å². The molecular weight excluding hydrogens is 256 g/mol. The molecular formula is C14H26N4O2. The number of carbonyl (C=O) groups is 1. The first-order valence-electron chi connectivity index (χ1n) is 7.34. The second kappa shape index (κ2) is 5.24. The molecule has 0 atom stereocenters. The first-order valence-corrected chi connectivity index (χ1v) is 7.34. The number of nitrogens with zero attached hydrogens (tertiary/aromatic N) is 3. The van der Waals surface area contributed by atoms with Gasteiger partial charge < -0.3 is 15.8 Å². The topological polar surface area (TPSA) is 82.2 Å². The van der Waals surface area contributed by atoms with E-state index in [4.69, 9.17) is 10.9 Å². The normalized spacial score (nSPS) is 24.4. The summed E-state index contributed by atoms with van der Waals surface area (Å²) in [6, 6.07) is 0. The molecule has 2 fully saturated rings.